The molecular weight excluding hydrogens is 208 g/mol. The number of rotatable bonds is 0. The molecule has 1 aliphatic carbocycles. The molecule has 1 saturated heterocycles. The van der Waals surface area contributed by atoms with Crippen LogP contribution in [0.1, 0.15) is 12.8 Å². The Balaban J connectivity index is 2.57. The molecule has 0 amide bonds. The maximum Gasteiger partial charge on any atom is 0.335 e. The number of esters is 2. The second kappa shape index (κ2) is 2.54. The van der Waals surface area contributed by atoms with Crippen molar-refractivity contribution in [1.82, 2.24) is 0 Å². The van der Waals surface area contributed by atoms with Gasteiger partial charge in [0.25, 0.3) is 0 Å². The second-order valence-electron chi connectivity index (χ2n) is 3.24. The zero-order valence-electron chi connectivity index (χ0n) is 6.69. The third-order valence-corrected chi connectivity index (χ3v) is 4.15. The van der Waals surface area contributed by atoms with Crippen LogP contribution in [0.4, 0.5) is 0 Å². The summed E-state index contributed by atoms with van der Waals surface area (Å²) in [7, 11) is 0. The van der Waals surface area contributed by atoms with Crippen molar-refractivity contribution in [2.75, 3.05) is 0 Å². The minimum atomic E-state index is -1.18. The zero-order valence-corrected chi connectivity index (χ0v) is 8.48. The van der Waals surface area contributed by atoms with E-state index in [2.05, 4.69) is 30.0 Å². The van der Waals surface area contributed by atoms with Crippen LogP contribution < -0.4 is 0 Å². The molecule has 0 radical (unpaired) electrons. The van der Waals surface area contributed by atoms with Crippen molar-refractivity contribution < 1.29 is 14.3 Å². The Labute approximate surface area is 86.3 Å². The van der Waals surface area contributed by atoms with E-state index in [4.69, 9.17) is 0 Å². The van der Waals surface area contributed by atoms with Crippen molar-refractivity contribution in [3.05, 3.63) is 12.2 Å². The number of fused-ring (bicyclic) bond motifs is 1. The minimum absolute atomic E-state index is 0.487. The van der Waals surface area contributed by atoms with Gasteiger partial charge in [-0.25, -0.2) is 9.59 Å². The van der Waals surface area contributed by atoms with Crippen LogP contribution >= 0.6 is 25.3 Å². The first kappa shape index (κ1) is 9.15. The van der Waals surface area contributed by atoms with Crippen molar-refractivity contribution in [3.8, 4) is 0 Å². The number of hydrogen-bond acceptors (Lipinski definition) is 5. The molecule has 0 spiro atoms. The summed E-state index contributed by atoms with van der Waals surface area (Å²) >= 11 is 8.41. The SMILES string of the molecule is O=C1OC(=O)C2(S)CCC=CC12S. The van der Waals surface area contributed by atoms with Gasteiger partial charge in [-0.05, 0) is 12.8 Å². The number of thiol groups is 2. The molecule has 1 aliphatic heterocycles. The lowest BCUT2D eigenvalue weighted by molar-refractivity contribution is -0.152. The van der Waals surface area contributed by atoms with Crippen LogP contribution in [-0.2, 0) is 14.3 Å². The van der Waals surface area contributed by atoms with Gasteiger partial charge in [-0.15, -0.1) is 0 Å². The van der Waals surface area contributed by atoms with E-state index in [1.165, 1.54) is 0 Å². The predicted molar refractivity (Wildman–Crippen MR) is 52.9 cm³/mol. The molecule has 0 aromatic heterocycles. The maximum absolute atomic E-state index is 11.3. The molecule has 0 N–H and O–H groups in total. The fourth-order valence-electron chi connectivity index (χ4n) is 1.62. The number of cyclic esters (lactones) is 2. The minimum Gasteiger partial charge on any atom is -0.391 e. The molecule has 0 aromatic rings. The monoisotopic (exact) mass is 216 g/mol. The molecule has 2 aliphatic rings. The number of allylic oxidation sites excluding steroid dienone is 1. The van der Waals surface area contributed by atoms with E-state index >= 15 is 0 Å². The van der Waals surface area contributed by atoms with E-state index in [1.807, 2.05) is 6.08 Å². The van der Waals surface area contributed by atoms with E-state index in [0.29, 0.717) is 12.8 Å². The Bertz CT molecular complexity index is 325. The highest BCUT2D eigenvalue weighted by Crippen LogP contribution is 2.48. The van der Waals surface area contributed by atoms with E-state index in [9.17, 15) is 9.59 Å². The van der Waals surface area contributed by atoms with Crippen molar-refractivity contribution in [2.24, 2.45) is 0 Å². The van der Waals surface area contributed by atoms with E-state index in [-0.39, 0.29) is 0 Å². The lowest BCUT2D eigenvalue weighted by atomic mass is 9.84. The molecule has 2 atom stereocenters. The summed E-state index contributed by atoms with van der Waals surface area (Å²) in [6.07, 6.45) is 4.62. The van der Waals surface area contributed by atoms with Gasteiger partial charge in [0, 0.05) is 0 Å². The first-order valence-electron chi connectivity index (χ1n) is 3.90. The molecule has 0 saturated carbocycles. The van der Waals surface area contributed by atoms with Crippen molar-refractivity contribution in [2.45, 2.75) is 22.3 Å². The Hall–Kier alpha value is -0.420. The van der Waals surface area contributed by atoms with Gasteiger partial charge < -0.3 is 4.74 Å². The van der Waals surface area contributed by atoms with Crippen LogP contribution in [0, 0.1) is 0 Å². The van der Waals surface area contributed by atoms with E-state index in [1.54, 1.807) is 6.08 Å². The van der Waals surface area contributed by atoms with Crippen molar-refractivity contribution in [1.29, 1.82) is 0 Å². The van der Waals surface area contributed by atoms with Gasteiger partial charge in [0.1, 0.15) is 4.75 Å². The lowest BCUT2D eigenvalue weighted by Gasteiger charge is -2.32. The van der Waals surface area contributed by atoms with Gasteiger partial charge >= 0.3 is 11.9 Å². The first-order chi connectivity index (χ1) is 6.01. The van der Waals surface area contributed by atoms with Crippen LogP contribution in [0.2, 0.25) is 0 Å². The van der Waals surface area contributed by atoms with Gasteiger partial charge in [0.2, 0.25) is 0 Å². The largest absolute Gasteiger partial charge is 0.391 e. The number of carbonyl (C=O) groups excluding carboxylic acids is 2. The van der Waals surface area contributed by atoms with Gasteiger partial charge in [0.15, 0.2) is 4.75 Å². The van der Waals surface area contributed by atoms with Crippen molar-refractivity contribution >= 4 is 37.2 Å². The standard InChI is InChI=1S/C8H8O3S2/c9-5-7(12)3-1-2-4-8(7,13)6(10)11-5/h1,3,12-13H,2,4H2. The molecule has 70 valence electrons. The molecular formula is C8H8O3S2. The summed E-state index contributed by atoms with van der Waals surface area (Å²) in [5.41, 5.74) is 0. The summed E-state index contributed by atoms with van der Waals surface area (Å²) in [6.45, 7) is 0. The normalized spacial score (nSPS) is 43.2. The number of hydrogen-bond donors (Lipinski definition) is 2. The van der Waals surface area contributed by atoms with Gasteiger partial charge in [0.05, 0.1) is 0 Å². The molecule has 13 heavy (non-hydrogen) atoms. The Morgan fingerprint density at radius 2 is 2.00 bits per heavy atom. The molecule has 0 bridgehead atoms. The summed E-state index contributed by atoms with van der Waals surface area (Å²) in [5, 5.41) is 0. The molecule has 0 aromatic carbocycles. The second-order valence-corrected chi connectivity index (χ2v) is 4.71. The zero-order chi connectivity index (χ0) is 9.69. The summed E-state index contributed by atoms with van der Waals surface area (Å²) in [6, 6.07) is 0. The summed E-state index contributed by atoms with van der Waals surface area (Å²) in [5.74, 6) is -1.20. The Kier molecular flexibility index (Phi) is 1.79. The highest BCUT2D eigenvalue weighted by Gasteiger charge is 2.64. The quantitative estimate of drug-likeness (QED) is 0.272. The van der Waals surface area contributed by atoms with Gasteiger partial charge in [-0.3, -0.25) is 0 Å². The van der Waals surface area contributed by atoms with Gasteiger partial charge in [-0.1, -0.05) is 12.2 Å². The van der Waals surface area contributed by atoms with Gasteiger partial charge in [-0.2, -0.15) is 25.3 Å². The highest BCUT2D eigenvalue weighted by atomic mass is 32.1. The third kappa shape index (κ3) is 0.942. The van der Waals surface area contributed by atoms with Crippen LogP contribution in [0.15, 0.2) is 12.2 Å². The van der Waals surface area contributed by atoms with Crippen LogP contribution in [0.5, 0.6) is 0 Å². The van der Waals surface area contributed by atoms with E-state index < -0.39 is 21.4 Å². The Morgan fingerprint density at radius 1 is 1.31 bits per heavy atom. The maximum atomic E-state index is 11.3. The van der Waals surface area contributed by atoms with E-state index in [0.717, 1.165) is 0 Å². The lowest BCUT2D eigenvalue weighted by Crippen LogP contribution is -2.48. The Morgan fingerprint density at radius 3 is 2.62 bits per heavy atom. The van der Waals surface area contributed by atoms with Crippen LogP contribution in [0.3, 0.4) is 0 Å². The van der Waals surface area contributed by atoms with Crippen LogP contribution in [0.25, 0.3) is 0 Å². The average Bonchev–Trinajstić information content (AvgIpc) is 2.25. The summed E-state index contributed by atoms with van der Waals surface area (Å²) in [4.78, 5) is 22.7. The molecule has 1 fully saturated rings. The molecule has 2 unspecified atom stereocenters. The molecule has 1 heterocycles. The topological polar surface area (TPSA) is 43.4 Å². The molecule has 2 rings (SSSR count). The summed E-state index contributed by atoms with van der Waals surface area (Å²) < 4.78 is 2.28. The number of carbonyl (C=O) groups is 2. The number of ether oxygens (including phenoxy) is 1. The molecule has 3 nitrogen and oxygen atoms in total. The third-order valence-electron chi connectivity index (χ3n) is 2.50. The smallest absolute Gasteiger partial charge is 0.335 e. The fourth-order valence-corrected chi connectivity index (χ4v) is 2.31. The predicted octanol–water partition coefficient (Wildman–Crippen LogP) is 0.757. The highest BCUT2D eigenvalue weighted by molar-refractivity contribution is 7.88. The first-order valence-corrected chi connectivity index (χ1v) is 4.79. The van der Waals surface area contributed by atoms with Crippen molar-refractivity contribution in [3.63, 3.8) is 0 Å². The fraction of sp³-hybridized carbons (Fsp3) is 0.500. The molecule has 5 heteroatoms. The van der Waals surface area contributed by atoms with Crippen LogP contribution in [-0.4, -0.2) is 21.4 Å². The average molecular weight is 216 g/mol.